The van der Waals surface area contributed by atoms with Crippen molar-refractivity contribution < 1.29 is 9.21 Å². The third-order valence-corrected chi connectivity index (χ3v) is 3.79. The molecule has 1 N–H and O–H groups in total. The predicted molar refractivity (Wildman–Crippen MR) is 62.2 cm³/mol. The molecule has 3 nitrogen and oxygen atoms in total. The number of carbonyl (C=O) groups excluding carboxylic acids is 1. The molecule has 2 rings (SSSR count). The molecular weight excluding hydrogens is 202 g/mol. The van der Waals surface area contributed by atoms with E-state index in [9.17, 15) is 4.79 Å². The van der Waals surface area contributed by atoms with Gasteiger partial charge in [0.15, 0.2) is 0 Å². The van der Waals surface area contributed by atoms with Crippen LogP contribution in [0.25, 0.3) is 0 Å². The Bertz CT molecular complexity index is 348. The Labute approximate surface area is 96.2 Å². The fourth-order valence-electron chi connectivity index (χ4n) is 2.52. The van der Waals surface area contributed by atoms with Gasteiger partial charge in [-0.1, -0.05) is 13.8 Å². The SMILES string of the molecule is CC(C)C1(C(=O)Cc2ccoc2)CCNC1. The summed E-state index contributed by atoms with van der Waals surface area (Å²) in [5, 5.41) is 3.31. The molecular formula is C13H19NO2. The summed E-state index contributed by atoms with van der Waals surface area (Å²) in [7, 11) is 0. The van der Waals surface area contributed by atoms with Crippen LogP contribution in [-0.4, -0.2) is 18.9 Å². The van der Waals surface area contributed by atoms with E-state index >= 15 is 0 Å². The van der Waals surface area contributed by atoms with Gasteiger partial charge in [0.25, 0.3) is 0 Å². The minimum Gasteiger partial charge on any atom is -0.472 e. The fraction of sp³-hybridized carbons (Fsp3) is 0.615. The molecule has 16 heavy (non-hydrogen) atoms. The van der Waals surface area contributed by atoms with Gasteiger partial charge in [0.05, 0.1) is 12.5 Å². The average molecular weight is 221 g/mol. The van der Waals surface area contributed by atoms with E-state index in [2.05, 4.69) is 19.2 Å². The van der Waals surface area contributed by atoms with E-state index in [1.54, 1.807) is 12.5 Å². The van der Waals surface area contributed by atoms with Crippen molar-refractivity contribution in [2.75, 3.05) is 13.1 Å². The summed E-state index contributed by atoms with van der Waals surface area (Å²) in [6.07, 6.45) is 4.74. The molecule has 0 spiro atoms. The van der Waals surface area contributed by atoms with Gasteiger partial charge in [0, 0.05) is 18.4 Å². The van der Waals surface area contributed by atoms with Crippen LogP contribution in [0.1, 0.15) is 25.8 Å². The first-order valence-electron chi connectivity index (χ1n) is 5.90. The van der Waals surface area contributed by atoms with Gasteiger partial charge in [-0.3, -0.25) is 4.79 Å². The third-order valence-electron chi connectivity index (χ3n) is 3.79. The van der Waals surface area contributed by atoms with Gasteiger partial charge in [-0.05, 0) is 30.5 Å². The highest BCUT2D eigenvalue weighted by molar-refractivity contribution is 5.87. The maximum atomic E-state index is 12.4. The van der Waals surface area contributed by atoms with Crippen molar-refractivity contribution in [1.82, 2.24) is 5.32 Å². The molecule has 1 aliphatic rings. The highest BCUT2D eigenvalue weighted by Crippen LogP contribution is 2.36. The topological polar surface area (TPSA) is 42.2 Å². The first-order valence-corrected chi connectivity index (χ1v) is 5.90. The Balaban J connectivity index is 2.12. The van der Waals surface area contributed by atoms with E-state index in [1.165, 1.54) is 0 Å². The molecule has 0 radical (unpaired) electrons. The summed E-state index contributed by atoms with van der Waals surface area (Å²) < 4.78 is 5.00. The van der Waals surface area contributed by atoms with E-state index in [1.807, 2.05) is 6.07 Å². The van der Waals surface area contributed by atoms with Crippen LogP contribution in [-0.2, 0) is 11.2 Å². The Kier molecular flexibility index (Phi) is 3.15. The maximum absolute atomic E-state index is 12.4. The van der Waals surface area contributed by atoms with Crippen LogP contribution in [0.3, 0.4) is 0 Å². The molecule has 3 heteroatoms. The quantitative estimate of drug-likeness (QED) is 0.846. The zero-order valence-electron chi connectivity index (χ0n) is 9.95. The Morgan fingerprint density at radius 1 is 1.62 bits per heavy atom. The summed E-state index contributed by atoms with van der Waals surface area (Å²) >= 11 is 0. The van der Waals surface area contributed by atoms with Gasteiger partial charge in [0.1, 0.15) is 5.78 Å². The van der Waals surface area contributed by atoms with Gasteiger partial charge in [0.2, 0.25) is 0 Å². The van der Waals surface area contributed by atoms with Crippen molar-refractivity contribution in [1.29, 1.82) is 0 Å². The summed E-state index contributed by atoms with van der Waals surface area (Å²) in [6, 6.07) is 1.87. The minimum atomic E-state index is -0.169. The van der Waals surface area contributed by atoms with Crippen LogP contribution in [0.4, 0.5) is 0 Å². The van der Waals surface area contributed by atoms with Crippen LogP contribution in [0, 0.1) is 11.3 Å². The molecule has 88 valence electrons. The molecule has 0 bridgehead atoms. The molecule has 1 aliphatic heterocycles. The third kappa shape index (κ3) is 1.92. The molecule has 1 aromatic rings. The van der Waals surface area contributed by atoms with Gasteiger partial charge < -0.3 is 9.73 Å². The summed E-state index contributed by atoms with van der Waals surface area (Å²) in [5.41, 5.74) is 0.814. The second-order valence-corrected chi connectivity index (χ2v) is 4.97. The summed E-state index contributed by atoms with van der Waals surface area (Å²) in [4.78, 5) is 12.4. The van der Waals surface area contributed by atoms with Gasteiger partial charge in [-0.2, -0.15) is 0 Å². The van der Waals surface area contributed by atoms with E-state index in [-0.39, 0.29) is 5.41 Å². The highest BCUT2D eigenvalue weighted by Gasteiger charge is 2.43. The molecule has 2 heterocycles. The molecule has 1 atom stereocenters. The number of furan rings is 1. The zero-order valence-corrected chi connectivity index (χ0v) is 9.95. The van der Waals surface area contributed by atoms with Gasteiger partial charge in [-0.15, -0.1) is 0 Å². The lowest BCUT2D eigenvalue weighted by Crippen LogP contribution is -2.39. The number of nitrogens with one attached hydrogen (secondary N) is 1. The molecule has 0 saturated carbocycles. The van der Waals surface area contributed by atoms with Crippen LogP contribution < -0.4 is 5.32 Å². The fourth-order valence-corrected chi connectivity index (χ4v) is 2.52. The molecule has 0 aromatic carbocycles. The van der Waals surface area contributed by atoms with E-state index in [4.69, 9.17) is 4.42 Å². The Morgan fingerprint density at radius 2 is 2.44 bits per heavy atom. The second-order valence-electron chi connectivity index (χ2n) is 4.97. The van der Waals surface area contributed by atoms with Crippen LogP contribution in [0.2, 0.25) is 0 Å². The zero-order chi connectivity index (χ0) is 11.6. The first kappa shape index (κ1) is 11.4. The largest absolute Gasteiger partial charge is 0.472 e. The van der Waals surface area contributed by atoms with Gasteiger partial charge >= 0.3 is 0 Å². The number of hydrogen-bond acceptors (Lipinski definition) is 3. The lowest BCUT2D eigenvalue weighted by atomic mass is 9.71. The average Bonchev–Trinajstić information content (AvgIpc) is 2.87. The highest BCUT2D eigenvalue weighted by atomic mass is 16.3. The molecule has 0 aliphatic carbocycles. The van der Waals surface area contributed by atoms with Crippen molar-refractivity contribution >= 4 is 5.78 Å². The smallest absolute Gasteiger partial charge is 0.145 e. The number of Topliss-reactive ketones (excluding diaryl/α,β-unsaturated/α-hetero) is 1. The molecule has 1 unspecified atom stereocenters. The monoisotopic (exact) mass is 221 g/mol. The van der Waals surface area contributed by atoms with Crippen LogP contribution >= 0.6 is 0 Å². The first-order chi connectivity index (χ1) is 7.65. The van der Waals surface area contributed by atoms with E-state index in [0.29, 0.717) is 18.1 Å². The summed E-state index contributed by atoms with van der Waals surface area (Å²) in [6.45, 7) is 6.05. The number of hydrogen-bond donors (Lipinski definition) is 1. The number of ketones is 1. The minimum absolute atomic E-state index is 0.169. The maximum Gasteiger partial charge on any atom is 0.145 e. The molecule has 0 amide bonds. The van der Waals surface area contributed by atoms with Crippen molar-refractivity contribution in [3.05, 3.63) is 24.2 Å². The van der Waals surface area contributed by atoms with E-state index < -0.39 is 0 Å². The van der Waals surface area contributed by atoms with Crippen LogP contribution in [0.5, 0.6) is 0 Å². The molecule has 1 saturated heterocycles. The van der Waals surface area contributed by atoms with Crippen molar-refractivity contribution in [3.63, 3.8) is 0 Å². The van der Waals surface area contributed by atoms with Crippen molar-refractivity contribution in [2.45, 2.75) is 26.7 Å². The normalized spacial score (nSPS) is 25.2. The number of rotatable bonds is 4. The van der Waals surface area contributed by atoms with Crippen molar-refractivity contribution in [3.8, 4) is 0 Å². The van der Waals surface area contributed by atoms with Crippen LogP contribution in [0.15, 0.2) is 23.0 Å². The summed E-state index contributed by atoms with van der Waals surface area (Å²) in [5.74, 6) is 0.732. The second kappa shape index (κ2) is 4.42. The lowest BCUT2D eigenvalue weighted by Gasteiger charge is -2.30. The standard InChI is InChI=1S/C13H19NO2/c1-10(2)13(4-5-14-9-13)12(15)7-11-3-6-16-8-11/h3,6,8,10,14H,4-5,7,9H2,1-2H3. The number of carbonyl (C=O) groups is 1. The predicted octanol–water partition coefficient (Wildman–Crippen LogP) is 2.03. The molecule has 1 aromatic heterocycles. The Morgan fingerprint density at radius 3 is 2.94 bits per heavy atom. The lowest BCUT2D eigenvalue weighted by molar-refractivity contribution is -0.129. The molecule has 1 fully saturated rings. The van der Waals surface area contributed by atoms with E-state index in [0.717, 1.165) is 25.1 Å². The Hall–Kier alpha value is -1.09. The van der Waals surface area contributed by atoms with Gasteiger partial charge in [-0.25, -0.2) is 0 Å². The van der Waals surface area contributed by atoms with Crippen molar-refractivity contribution in [2.24, 2.45) is 11.3 Å².